The van der Waals surface area contributed by atoms with Crippen molar-refractivity contribution < 1.29 is 19.1 Å². The van der Waals surface area contributed by atoms with Gasteiger partial charge in [0.25, 0.3) is 0 Å². The summed E-state index contributed by atoms with van der Waals surface area (Å²) >= 11 is 2.97. The quantitative estimate of drug-likeness (QED) is 0.257. The van der Waals surface area contributed by atoms with Gasteiger partial charge in [0.1, 0.15) is 5.00 Å². The van der Waals surface area contributed by atoms with E-state index < -0.39 is 0 Å². The van der Waals surface area contributed by atoms with Gasteiger partial charge in [0, 0.05) is 21.9 Å². The van der Waals surface area contributed by atoms with E-state index in [0.29, 0.717) is 35.9 Å². The van der Waals surface area contributed by atoms with Gasteiger partial charge in [-0.05, 0) is 68.7 Å². The first kappa shape index (κ1) is 27.3. The van der Waals surface area contributed by atoms with Crippen LogP contribution >= 0.6 is 23.1 Å². The van der Waals surface area contributed by atoms with Gasteiger partial charge in [-0.15, -0.1) is 23.1 Å². The average Bonchev–Trinajstić information content (AvgIpc) is 3.18. The van der Waals surface area contributed by atoms with Crippen LogP contribution in [0.2, 0.25) is 0 Å². The molecule has 1 aliphatic carbocycles. The molecule has 3 rings (SSSR count). The van der Waals surface area contributed by atoms with Gasteiger partial charge in [0.15, 0.2) is 0 Å². The molecule has 0 radical (unpaired) electrons. The molecule has 2 atom stereocenters. The van der Waals surface area contributed by atoms with E-state index in [9.17, 15) is 14.4 Å². The Kier molecular flexibility index (Phi) is 10.2. The Morgan fingerprint density at radius 2 is 2.00 bits per heavy atom. The Hall–Kier alpha value is -2.32. The zero-order chi connectivity index (χ0) is 25.4. The van der Waals surface area contributed by atoms with E-state index in [1.54, 1.807) is 6.92 Å². The third-order valence-electron chi connectivity index (χ3n) is 6.04. The zero-order valence-corrected chi connectivity index (χ0v) is 22.7. The number of anilines is 2. The van der Waals surface area contributed by atoms with Gasteiger partial charge in [-0.25, -0.2) is 4.79 Å². The molecular weight excluding hydrogens is 480 g/mol. The fraction of sp³-hybridized carbons (Fsp3) is 0.519. The van der Waals surface area contributed by atoms with Crippen molar-refractivity contribution >= 4 is 51.6 Å². The molecule has 0 saturated carbocycles. The maximum Gasteiger partial charge on any atom is 0.341 e. The minimum Gasteiger partial charge on any atom is -0.462 e. The Bertz CT molecular complexity index is 1050. The number of esters is 1. The van der Waals surface area contributed by atoms with E-state index in [1.807, 2.05) is 31.2 Å². The number of carbonyl (C=O) groups excluding carboxylic acids is 3. The monoisotopic (exact) mass is 516 g/mol. The van der Waals surface area contributed by atoms with Crippen molar-refractivity contribution in [2.75, 3.05) is 17.2 Å². The summed E-state index contributed by atoms with van der Waals surface area (Å²) in [6, 6.07) is 7.59. The summed E-state index contributed by atoms with van der Waals surface area (Å²) in [5, 5.41) is 6.25. The van der Waals surface area contributed by atoms with Crippen LogP contribution in [-0.4, -0.2) is 29.6 Å². The van der Waals surface area contributed by atoms with Gasteiger partial charge >= 0.3 is 5.97 Å². The Labute approximate surface area is 216 Å². The molecule has 190 valence electrons. The van der Waals surface area contributed by atoms with Gasteiger partial charge in [-0.3, -0.25) is 9.59 Å². The van der Waals surface area contributed by atoms with Crippen molar-refractivity contribution in [3.63, 3.8) is 0 Å². The molecule has 2 unspecified atom stereocenters. The van der Waals surface area contributed by atoms with Crippen molar-refractivity contribution in [2.24, 2.45) is 5.92 Å². The maximum absolute atomic E-state index is 13.3. The first-order chi connectivity index (χ1) is 16.9. The summed E-state index contributed by atoms with van der Waals surface area (Å²) in [5.41, 5.74) is 2.30. The Balaban J connectivity index is 1.74. The standard InChI is InChI=1S/C27H36N2O4S2/c1-5-8-12-23(30)28-18-10-9-11-19(16-18)34-21(6-2)25(31)29-26-24(27(32)33-7-3)20-14-13-17(4)15-22(20)35-26/h9-11,16-17,21H,5-8,12-15H2,1-4H3,(H,28,30)(H,29,31). The topological polar surface area (TPSA) is 84.5 Å². The molecule has 8 heteroatoms. The number of hydrogen-bond acceptors (Lipinski definition) is 6. The lowest BCUT2D eigenvalue weighted by Gasteiger charge is -2.18. The van der Waals surface area contributed by atoms with Crippen molar-refractivity contribution in [3.8, 4) is 0 Å². The molecule has 2 N–H and O–H groups in total. The van der Waals surface area contributed by atoms with Crippen molar-refractivity contribution in [1.82, 2.24) is 0 Å². The lowest BCUT2D eigenvalue weighted by Crippen LogP contribution is -2.25. The number of benzene rings is 1. The van der Waals surface area contributed by atoms with Crippen molar-refractivity contribution in [2.45, 2.75) is 82.8 Å². The van der Waals surface area contributed by atoms with E-state index in [1.165, 1.54) is 28.0 Å². The molecule has 2 amide bonds. The predicted molar refractivity (Wildman–Crippen MR) is 145 cm³/mol. The third kappa shape index (κ3) is 7.34. The van der Waals surface area contributed by atoms with Crippen LogP contribution in [0.15, 0.2) is 29.2 Å². The summed E-state index contributed by atoms with van der Waals surface area (Å²) < 4.78 is 5.33. The van der Waals surface area contributed by atoms with E-state index in [0.717, 1.165) is 48.3 Å². The van der Waals surface area contributed by atoms with Gasteiger partial charge in [-0.2, -0.15) is 0 Å². The third-order valence-corrected chi connectivity index (χ3v) is 8.57. The van der Waals surface area contributed by atoms with Crippen LogP contribution in [0.25, 0.3) is 0 Å². The summed E-state index contributed by atoms with van der Waals surface area (Å²) in [4.78, 5) is 40.2. The van der Waals surface area contributed by atoms with Crippen LogP contribution in [0.1, 0.15) is 80.6 Å². The smallest absolute Gasteiger partial charge is 0.341 e. The lowest BCUT2D eigenvalue weighted by molar-refractivity contribution is -0.116. The number of carbonyl (C=O) groups is 3. The highest BCUT2D eigenvalue weighted by atomic mass is 32.2. The highest BCUT2D eigenvalue weighted by molar-refractivity contribution is 8.00. The van der Waals surface area contributed by atoms with Crippen LogP contribution in [-0.2, 0) is 27.2 Å². The number of unbranched alkanes of at least 4 members (excludes halogenated alkanes) is 1. The minimum absolute atomic E-state index is 0.00117. The molecule has 1 aromatic carbocycles. The SMILES string of the molecule is CCCCC(=O)Nc1cccc(SC(CC)C(=O)Nc2sc3c(c2C(=O)OCC)CCC(C)C3)c1. The van der Waals surface area contributed by atoms with Gasteiger partial charge in [0.05, 0.1) is 17.4 Å². The molecule has 35 heavy (non-hydrogen) atoms. The van der Waals surface area contributed by atoms with Crippen molar-refractivity contribution in [3.05, 3.63) is 40.3 Å². The number of thioether (sulfide) groups is 1. The molecule has 1 heterocycles. The molecule has 0 saturated heterocycles. The Morgan fingerprint density at radius 3 is 2.71 bits per heavy atom. The fourth-order valence-electron chi connectivity index (χ4n) is 4.14. The molecule has 2 aromatic rings. The second-order valence-corrected chi connectivity index (χ2v) is 11.3. The number of fused-ring (bicyclic) bond motifs is 1. The summed E-state index contributed by atoms with van der Waals surface area (Å²) in [6.07, 6.45) is 5.74. The van der Waals surface area contributed by atoms with E-state index >= 15 is 0 Å². The van der Waals surface area contributed by atoms with Crippen LogP contribution in [0.5, 0.6) is 0 Å². The highest BCUT2D eigenvalue weighted by Gasteiger charge is 2.30. The Morgan fingerprint density at radius 1 is 1.20 bits per heavy atom. The molecule has 0 fully saturated rings. The maximum atomic E-state index is 13.3. The number of thiophene rings is 1. The van der Waals surface area contributed by atoms with Crippen LogP contribution in [0.3, 0.4) is 0 Å². The van der Waals surface area contributed by atoms with Crippen LogP contribution < -0.4 is 10.6 Å². The number of ether oxygens (including phenoxy) is 1. The molecular formula is C27H36N2O4S2. The lowest BCUT2D eigenvalue weighted by atomic mass is 9.88. The normalized spacial score (nSPS) is 15.7. The highest BCUT2D eigenvalue weighted by Crippen LogP contribution is 2.40. The van der Waals surface area contributed by atoms with Gasteiger partial charge < -0.3 is 15.4 Å². The van der Waals surface area contributed by atoms with E-state index in [2.05, 4.69) is 24.5 Å². The largest absolute Gasteiger partial charge is 0.462 e. The molecule has 0 bridgehead atoms. The minimum atomic E-state index is -0.359. The van der Waals surface area contributed by atoms with Gasteiger partial charge in [-0.1, -0.05) is 33.3 Å². The first-order valence-corrected chi connectivity index (χ1v) is 14.2. The van der Waals surface area contributed by atoms with Crippen LogP contribution in [0.4, 0.5) is 10.7 Å². The van der Waals surface area contributed by atoms with E-state index in [-0.39, 0.29) is 23.0 Å². The van der Waals surface area contributed by atoms with Crippen LogP contribution in [0, 0.1) is 5.92 Å². The second-order valence-electron chi connectivity index (χ2n) is 8.96. The van der Waals surface area contributed by atoms with Gasteiger partial charge in [0.2, 0.25) is 11.8 Å². The number of hydrogen-bond donors (Lipinski definition) is 2. The molecule has 1 aliphatic rings. The second kappa shape index (κ2) is 13.1. The molecule has 1 aromatic heterocycles. The molecule has 0 spiro atoms. The average molecular weight is 517 g/mol. The fourth-order valence-corrected chi connectivity index (χ4v) is 6.56. The first-order valence-electron chi connectivity index (χ1n) is 12.5. The zero-order valence-electron chi connectivity index (χ0n) is 21.1. The summed E-state index contributed by atoms with van der Waals surface area (Å²) in [7, 11) is 0. The van der Waals surface area contributed by atoms with Crippen molar-refractivity contribution in [1.29, 1.82) is 0 Å². The predicted octanol–water partition coefficient (Wildman–Crippen LogP) is 6.69. The number of amides is 2. The summed E-state index contributed by atoms with van der Waals surface area (Å²) in [5.74, 6) is 0.0730. The summed E-state index contributed by atoms with van der Waals surface area (Å²) in [6.45, 7) is 8.34. The molecule has 6 nitrogen and oxygen atoms in total. The number of nitrogens with one attached hydrogen (secondary N) is 2. The molecule has 0 aliphatic heterocycles. The van der Waals surface area contributed by atoms with E-state index in [4.69, 9.17) is 4.74 Å². The number of rotatable bonds is 11.